The van der Waals surface area contributed by atoms with Crippen LogP contribution < -0.4 is 4.90 Å². The van der Waals surface area contributed by atoms with Gasteiger partial charge in [-0.1, -0.05) is 13.8 Å². The highest BCUT2D eigenvalue weighted by Gasteiger charge is 2.41. The van der Waals surface area contributed by atoms with Gasteiger partial charge >= 0.3 is 6.18 Å². The zero-order chi connectivity index (χ0) is 15.9. The molecule has 0 atom stereocenters. The van der Waals surface area contributed by atoms with E-state index in [0.29, 0.717) is 18.7 Å². The molecule has 22 heavy (non-hydrogen) atoms. The summed E-state index contributed by atoms with van der Waals surface area (Å²) in [5, 5.41) is 12.3. The largest absolute Gasteiger partial charge is 0.391 e. The lowest BCUT2D eigenvalue weighted by molar-refractivity contribution is -0.179. The van der Waals surface area contributed by atoms with Crippen LogP contribution in [0.5, 0.6) is 0 Å². The fourth-order valence-corrected chi connectivity index (χ4v) is 2.79. The van der Waals surface area contributed by atoms with Crippen LogP contribution in [-0.4, -0.2) is 39.1 Å². The maximum Gasteiger partial charge on any atom is 0.391 e. The molecule has 0 amide bonds. The molecule has 8 heteroatoms. The first kappa shape index (κ1) is 15.1. The van der Waals surface area contributed by atoms with Crippen LogP contribution in [-0.2, 0) is 0 Å². The number of anilines is 1. The Bertz CT molecular complexity index is 656. The van der Waals surface area contributed by atoms with Gasteiger partial charge in [0.15, 0.2) is 0 Å². The van der Waals surface area contributed by atoms with Crippen LogP contribution in [0.15, 0.2) is 12.4 Å². The number of hydrogen-bond acceptors (Lipinski definition) is 4. The van der Waals surface area contributed by atoms with E-state index in [0.717, 1.165) is 11.4 Å². The van der Waals surface area contributed by atoms with E-state index in [1.54, 1.807) is 4.52 Å². The van der Waals surface area contributed by atoms with Crippen LogP contribution in [0.25, 0.3) is 5.65 Å². The van der Waals surface area contributed by atoms with Gasteiger partial charge in [0.2, 0.25) is 5.65 Å². The number of fused-ring (bicyclic) bond motifs is 1. The third-order valence-electron chi connectivity index (χ3n) is 4.16. The maximum absolute atomic E-state index is 12.8. The average molecular weight is 313 g/mol. The number of alkyl halides is 3. The molecule has 5 nitrogen and oxygen atoms in total. The van der Waals surface area contributed by atoms with E-state index in [-0.39, 0.29) is 18.8 Å². The Morgan fingerprint density at radius 2 is 1.91 bits per heavy atom. The molecule has 2 aromatic rings. The fraction of sp³-hybridized carbons (Fsp3) is 0.643. The van der Waals surface area contributed by atoms with Crippen molar-refractivity contribution in [2.24, 2.45) is 5.92 Å². The number of nitrogens with zero attached hydrogens (tertiary/aromatic N) is 5. The predicted molar refractivity (Wildman–Crippen MR) is 75.9 cm³/mol. The van der Waals surface area contributed by atoms with Gasteiger partial charge in [-0.2, -0.15) is 22.8 Å². The van der Waals surface area contributed by atoms with Gasteiger partial charge < -0.3 is 4.90 Å². The lowest BCUT2D eigenvalue weighted by Crippen LogP contribution is -2.39. The molecule has 120 valence electrons. The lowest BCUT2D eigenvalue weighted by Gasteiger charge is -2.34. The molecule has 0 aromatic carbocycles. The summed E-state index contributed by atoms with van der Waals surface area (Å²) in [6.07, 6.45) is -2.35. The Morgan fingerprint density at radius 1 is 1.23 bits per heavy atom. The number of rotatable bonds is 2. The van der Waals surface area contributed by atoms with Gasteiger partial charge in [0.25, 0.3) is 0 Å². The monoisotopic (exact) mass is 313 g/mol. The summed E-state index contributed by atoms with van der Waals surface area (Å²) >= 11 is 0. The van der Waals surface area contributed by atoms with Crippen molar-refractivity contribution in [1.82, 2.24) is 19.8 Å². The van der Waals surface area contributed by atoms with Crippen molar-refractivity contribution >= 4 is 11.3 Å². The SMILES string of the molecule is CC(C)c1cc(N2CCC(C(F)(F)F)CC2)c2nncn2n1. The van der Waals surface area contributed by atoms with Gasteiger partial charge in [0.1, 0.15) is 6.33 Å². The smallest absolute Gasteiger partial charge is 0.368 e. The van der Waals surface area contributed by atoms with Gasteiger partial charge in [-0.3, -0.25) is 0 Å². The molecule has 0 aliphatic carbocycles. The summed E-state index contributed by atoms with van der Waals surface area (Å²) < 4.78 is 40.0. The molecule has 0 bridgehead atoms. The zero-order valence-electron chi connectivity index (χ0n) is 12.5. The van der Waals surface area contributed by atoms with Crippen molar-refractivity contribution in [2.75, 3.05) is 18.0 Å². The second-order valence-corrected chi connectivity index (χ2v) is 6.01. The van der Waals surface area contributed by atoms with Crippen LogP contribution in [0, 0.1) is 5.92 Å². The Labute approximate surface area is 126 Å². The van der Waals surface area contributed by atoms with Crippen LogP contribution in [0.2, 0.25) is 0 Å². The molecular weight excluding hydrogens is 295 g/mol. The van der Waals surface area contributed by atoms with Gasteiger partial charge in [0, 0.05) is 13.1 Å². The first-order valence-corrected chi connectivity index (χ1v) is 7.39. The second kappa shape index (κ2) is 5.40. The summed E-state index contributed by atoms with van der Waals surface area (Å²) in [5.74, 6) is -0.984. The first-order chi connectivity index (χ1) is 10.4. The van der Waals surface area contributed by atoms with E-state index in [4.69, 9.17) is 0 Å². The highest BCUT2D eigenvalue weighted by molar-refractivity contribution is 5.68. The van der Waals surface area contributed by atoms with E-state index in [1.807, 2.05) is 24.8 Å². The Balaban J connectivity index is 1.89. The summed E-state index contributed by atoms with van der Waals surface area (Å²) in [6.45, 7) is 4.79. The van der Waals surface area contributed by atoms with E-state index < -0.39 is 12.1 Å². The van der Waals surface area contributed by atoms with Gasteiger partial charge in [-0.25, -0.2) is 0 Å². The molecule has 0 unspecified atom stereocenters. The molecule has 1 aliphatic heterocycles. The topological polar surface area (TPSA) is 46.3 Å². The quantitative estimate of drug-likeness (QED) is 0.855. The summed E-state index contributed by atoms with van der Waals surface area (Å²) in [5.41, 5.74) is 2.28. The molecule has 0 spiro atoms. The number of hydrogen-bond donors (Lipinski definition) is 0. The third-order valence-corrected chi connectivity index (χ3v) is 4.16. The first-order valence-electron chi connectivity index (χ1n) is 7.39. The molecule has 0 N–H and O–H groups in total. The van der Waals surface area contributed by atoms with E-state index >= 15 is 0 Å². The van der Waals surface area contributed by atoms with Crippen LogP contribution >= 0.6 is 0 Å². The molecule has 2 aromatic heterocycles. The van der Waals surface area contributed by atoms with Crippen molar-refractivity contribution in [3.8, 4) is 0 Å². The lowest BCUT2D eigenvalue weighted by atomic mass is 9.96. The highest BCUT2D eigenvalue weighted by Crippen LogP contribution is 2.36. The predicted octanol–water partition coefficient (Wildman–Crippen LogP) is 3.03. The zero-order valence-corrected chi connectivity index (χ0v) is 12.5. The number of aromatic nitrogens is 4. The van der Waals surface area contributed by atoms with Crippen molar-refractivity contribution in [3.63, 3.8) is 0 Å². The molecular formula is C14H18F3N5. The van der Waals surface area contributed by atoms with E-state index in [2.05, 4.69) is 15.3 Å². The Morgan fingerprint density at radius 3 is 2.50 bits per heavy atom. The van der Waals surface area contributed by atoms with Crippen molar-refractivity contribution < 1.29 is 13.2 Å². The second-order valence-electron chi connectivity index (χ2n) is 6.01. The highest BCUT2D eigenvalue weighted by atomic mass is 19.4. The van der Waals surface area contributed by atoms with Crippen molar-refractivity contribution in [1.29, 1.82) is 0 Å². The number of halogens is 3. The maximum atomic E-state index is 12.8. The molecule has 3 heterocycles. The molecule has 1 aliphatic rings. The van der Waals surface area contributed by atoms with Gasteiger partial charge in [-0.15, -0.1) is 10.2 Å². The molecule has 0 radical (unpaired) electrons. The molecule has 3 rings (SSSR count). The van der Waals surface area contributed by atoms with Crippen molar-refractivity contribution in [3.05, 3.63) is 18.1 Å². The van der Waals surface area contributed by atoms with Crippen LogP contribution in [0.1, 0.15) is 38.3 Å². The number of piperidine rings is 1. The normalized spacial score (nSPS) is 17.6. The molecule has 0 saturated carbocycles. The Hall–Kier alpha value is -1.86. The average Bonchev–Trinajstić information content (AvgIpc) is 2.93. The minimum absolute atomic E-state index is 0.114. The summed E-state index contributed by atoms with van der Waals surface area (Å²) in [7, 11) is 0. The van der Waals surface area contributed by atoms with E-state index in [9.17, 15) is 13.2 Å². The van der Waals surface area contributed by atoms with Crippen LogP contribution in [0.4, 0.5) is 18.9 Å². The summed E-state index contributed by atoms with van der Waals surface area (Å²) in [4.78, 5) is 1.96. The summed E-state index contributed by atoms with van der Waals surface area (Å²) in [6, 6.07) is 1.92. The minimum Gasteiger partial charge on any atom is -0.368 e. The van der Waals surface area contributed by atoms with Crippen molar-refractivity contribution in [2.45, 2.75) is 38.8 Å². The molecule has 1 saturated heterocycles. The Kier molecular flexibility index (Phi) is 3.70. The third kappa shape index (κ3) is 2.74. The molecule has 1 fully saturated rings. The minimum atomic E-state index is -4.10. The fourth-order valence-electron chi connectivity index (χ4n) is 2.79. The van der Waals surface area contributed by atoms with Gasteiger partial charge in [-0.05, 0) is 24.8 Å². The van der Waals surface area contributed by atoms with Gasteiger partial charge in [0.05, 0.1) is 17.3 Å². The standard InChI is InChI=1S/C14H18F3N5/c1-9(2)11-7-12(13-19-18-8-22(13)20-11)21-5-3-10(4-6-21)14(15,16)17/h7-10H,3-6H2,1-2H3. The van der Waals surface area contributed by atoms with E-state index in [1.165, 1.54) is 6.33 Å². The van der Waals surface area contributed by atoms with Crippen LogP contribution in [0.3, 0.4) is 0 Å².